The number of nitrogens with one attached hydrogen (secondary N) is 3. The van der Waals surface area contributed by atoms with Gasteiger partial charge in [0.15, 0.2) is 5.11 Å². The van der Waals surface area contributed by atoms with Crippen molar-refractivity contribution in [1.82, 2.24) is 15.8 Å². The average molecular weight is 368 g/mol. The fourth-order valence-electron chi connectivity index (χ4n) is 2.94. The van der Waals surface area contributed by atoms with Crippen LogP contribution in [0.5, 0.6) is 0 Å². The second-order valence-corrected chi connectivity index (χ2v) is 6.54. The first-order valence-corrected chi connectivity index (χ1v) is 8.73. The van der Waals surface area contributed by atoms with Gasteiger partial charge in [0.25, 0.3) is 5.91 Å². The van der Waals surface area contributed by atoms with Gasteiger partial charge in [0.1, 0.15) is 5.54 Å². The molecule has 0 radical (unpaired) electrons. The molecule has 0 saturated carbocycles. The number of aryl methyl sites for hydroxylation is 1. The number of rotatable bonds is 4. The Morgan fingerprint density at radius 2 is 1.77 bits per heavy atom. The maximum absolute atomic E-state index is 13.0. The van der Waals surface area contributed by atoms with Gasteiger partial charge >= 0.3 is 6.03 Å². The molecule has 3 amide bonds. The molecule has 0 unspecified atom stereocenters. The van der Waals surface area contributed by atoms with E-state index in [0.29, 0.717) is 6.42 Å². The number of carbonyl (C=O) groups excluding carboxylic acids is 2. The highest BCUT2D eigenvalue weighted by Crippen LogP contribution is 2.31. The zero-order valence-corrected chi connectivity index (χ0v) is 15.4. The molecule has 26 heavy (non-hydrogen) atoms. The predicted molar refractivity (Wildman–Crippen MR) is 104 cm³/mol. The highest BCUT2D eigenvalue weighted by Gasteiger charge is 2.51. The maximum atomic E-state index is 13.0. The lowest BCUT2D eigenvalue weighted by atomic mass is 9.87. The summed E-state index contributed by atoms with van der Waals surface area (Å²) in [5.74, 6) is -0.385. The predicted octanol–water partition coefficient (Wildman–Crippen LogP) is 3.05. The van der Waals surface area contributed by atoms with E-state index in [2.05, 4.69) is 16.1 Å². The van der Waals surface area contributed by atoms with Gasteiger partial charge in [0, 0.05) is 5.69 Å². The summed E-state index contributed by atoms with van der Waals surface area (Å²) in [4.78, 5) is 25.4. The van der Waals surface area contributed by atoms with Crippen molar-refractivity contribution in [1.29, 1.82) is 0 Å². The summed E-state index contributed by atoms with van der Waals surface area (Å²) in [5, 5.41) is 6.86. The fraction of sp³-hybridized carbons (Fsp3) is 0.211. The molecule has 0 bridgehead atoms. The number of hydrogen-bond acceptors (Lipinski definition) is 3. The monoisotopic (exact) mass is 368 g/mol. The molecule has 1 aliphatic rings. The van der Waals surface area contributed by atoms with Crippen LogP contribution in [0.15, 0.2) is 54.6 Å². The lowest BCUT2D eigenvalue weighted by Crippen LogP contribution is -2.49. The minimum atomic E-state index is -1.09. The molecule has 3 N–H and O–H groups in total. The summed E-state index contributed by atoms with van der Waals surface area (Å²) in [6.07, 6.45) is 0.428. The molecule has 1 heterocycles. The van der Waals surface area contributed by atoms with Crippen LogP contribution in [0.25, 0.3) is 0 Å². The van der Waals surface area contributed by atoms with E-state index in [0.717, 1.165) is 21.8 Å². The summed E-state index contributed by atoms with van der Waals surface area (Å²) in [7, 11) is 0. The van der Waals surface area contributed by atoms with Crippen molar-refractivity contribution < 1.29 is 9.59 Å². The van der Waals surface area contributed by atoms with Gasteiger partial charge in [-0.25, -0.2) is 4.79 Å². The largest absolute Gasteiger partial charge is 0.344 e. The number of carbonyl (C=O) groups is 2. The minimum Gasteiger partial charge on any atom is -0.331 e. The Kier molecular flexibility index (Phi) is 4.90. The molecule has 0 aliphatic carbocycles. The quantitative estimate of drug-likeness (QED) is 0.571. The summed E-state index contributed by atoms with van der Waals surface area (Å²) in [6, 6.07) is 16.3. The molecule has 134 valence electrons. The molecule has 1 atom stereocenters. The molecule has 1 saturated heterocycles. The normalized spacial score (nSPS) is 19.2. The van der Waals surface area contributed by atoms with E-state index >= 15 is 0 Å². The van der Waals surface area contributed by atoms with E-state index in [1.54, 1.807) is 0 Å². The van der Waals surface area contributed by atoms with Crippen LogP contribution < -0.4 is 16.1 Å². The van der Waals surface area contributed by atoms with Crippen LogP contribution in [0.3, 0.4) is 0 Å². The number of thiocarbonyl (C=S) groups is 1. The highest BCUT2D eigenvalue weighted by molar-refractivity contribution is 7.80. The Morgan fingerprint density at radius 3 is 2.38 bits per heavy atom. The van der Waals surface area contributed by atoms with Gasteiger partial charge in [-0.05, 0) is 43.3 Å². The first-order valence-electron chi connectivity index (χ1n) is 8.33. The van der Waals surface area contributed by atoms with Crippen LogP contribution >= 0.6 is 12.2 Å². The molecular formula is C19H20N4O2S. The molecular weight excluding hydrogens is 348 g/mol. The van der Waals surface area contributed by atoms with Crippen molar-refractivity contribution in [2.75, 3.05) is 5.32 Å². The SMILES string of the molecule is CC[C@]1(c2ccccc2)NC(=O)N(NC(=S)Nc2ccc(C)cc2)C1=O. The number of nitrogens with zero attached hydrogens (tertiary/aromatic N) is 1. The van der Waals surface area contributed by atoms with Crippen molar-refractivity contribution in [3.63, 3.8) is 0 Å². The van der Waals surface area contributed by atoms with Crippen molar-refractivity contribution in [2.45, 2.75) is 25.8 Å². The van der Waals surface area contributed by atoms with Crippen LogP contribution in [-0.2, 0) is 10.3 Å². The van der Waals surface area contributed by atoms with Gasteiger partial charge in [-0.3, -0.25) is 10.2 Å². The Labute approximate surface area is 157 Å². The second kappa shape index (κ2) is 7.13. The molecule has 3 rings (SSSR count). The molecule has 1 aliphatic heterocycles. The first kappa shape index (κ1) is 17.9. The number of imide groups is 1. The van der Waals surface area contributed by atoms with Gasteiger partial charge in [-0.1, -0.05) is 55.0 Å². The van der Waals surface area contributed by atoms with Crippen molar-refractivity contribution in [3.05, 3.63) is 65.7 Å². The third-order valence-corrected chi connectivity index (χ3v) is 4.60. The van der Waals surface area contributed by atoms with Crippen molar-refractivity contribution in [2.24, 2.45) is 0 Å². The van der Waals surface area contributed by atoms with Crippen LogP contribution in [0, 0.1) is 6.92 Å². The van der Waals surface area contributed by atoms with Gasteiger partial charge < -0.3 is 10.6 Å². The van der Waals surface area contributed by atoms with Gasteiger partial charge in [-0.15, -0.1) is 0 Å². The van der Waals surface area contributed by atoms with E-state index in [4.69, 9.17) is 12.2 Å². The van der Waals surface area contributed by atoms with Gasteiger partial charge in [0.05, 0.1) is 0 Å². The molecule has 7 heteroatoms. The molecule has 1 fully saturated rings. The third kappa shape index (κ3) is 3.25. The van der Waals surface area contributed by atoms with Gasteiger partial charge in [0.2, 0.25) is 0 Å². The zero-order valence-electron chi connectivity index (χ0n) is 14.6. The fourth-order valence-corrected chi connectivity index (χ4v) is 3.15. The second-order valence-electron chi connectivity index (χ2n) is 6.13. The first-order chi connectivity index (χ1) is 12.5. The molecule has 0 aromatic heterocycles. The van der Waals surface area contributed by atoms with E-state index < -0.39 is 11.6 Å². The summed E-state index contributed by atoms with van der Waals surface area (Å²) in [6.45, 7) is 3.85. The Balaban J connectivity index is 1.76. The van der Waals surface area contributed by atoms with Crippen LogP contribution in [0.1, 0.15) is 24.5 Å². The lowest BCUT2D eigenvalue weighted by Gasteiger charge is -2.25. The van der Waals surface area contributed by atoms with Gasteiger partial charge in [-0.2, -0.15) is 5.01 Å². The number of hydrogen-bond donors (Lipinski definition) is 3. The summed E-state index contributed by atoms with van der Waals surface area (Å²) in [5.41, 5.74) is 4.23. The smallest absolute Gasteiger partial charge is 0.331 e. The van der Waals surface area contributed by atoms with E-state index in [1.165, 1.54) is 0 Å². The number of urea groups is 1. The Hall–Kier alpha value is -2.93. The summed E-state index contributed by atoms with van der Waals surface area (Å²) >= 11 is 5.24. The average Bonchev–Trinajstić information content (AvgIpc) is 2.89. The minimum absolute atomic E-state index is 0.164. The number of amides is 3. The lowest BCUT2D eigenvalue weighted by molar-refractivity contribution is -0.133. The third-order valence-electron chi connectivity index (χ3n) is 4.41. The van der Waals surface area contributed by atoms with Crippen LogP contribution in [-0.4, -0.2) is 22.1 Å². The molecule has 6 nitrogen and oxygen atoms in total. The zero-order chi connectivity index (χ0) is 18.7. The molecule has 2 aromatic carbocycles. The number of hydrazine groups is 1. The summed E-state index contributed by atoms with van der Waals surface area (Å²) < 4.78 is 0. The molecule has 0 spiro atoms. The molecule has 2 aromatic rings. The Morgan fingerprint density at radius 1 is 1.12 bits per heavy atom. The van der Waals surface area contributed by atoms with Crippen molar-refractivity contribution in [3.8, 4) is 0 Å². The standard InChI is InChI=1S/C19H20N4O2S/c1-3-19(14-7-5-4-6-8-14)16(24)23(18(25)21-19)22-17(26)20-15-11-9-13(2)10-12-15/h4-12H,3H2,1-2H3,(H,21,25)(H2,20,22,26)/t19-/m1/s1. The number of benzene rings is 2. The van der Waals surface area contributed by atoms with Crippen LogP contribution in [0.4, 0.5) is 10.5 Å². The van der Waals surface area contributed by atoms with E-state index in [1.807, 2.05) is 68.4 Å². The topological polar surface area (TPSA) is 73.5 Å². The van der Waals surface area contributed by atoms with E-state index in [-0.39, 0.29) is 11.0 Å². The number of anilines is 1. The van der Waals surface area contributed by atoms with Crippen molar-refractivity contribution >= 4 is 35.0 Å². The Bertz CT molecular complexity index is 838. The highest BCUT2D eigenvalue weighted by atomic mass is 32.1. The van der Waals surface area contributed by atoms with Crippen LogP contribution in [0.2, 0.25) is 0 Å². The maximum Gasteiger partial charge on any atom is 0.344 e. The van der Waals surface area contributed by atoms with E-state index in [9.17, 15) is 9.59 Å².